The molecule has 0 aliphatic rings. The normalized spacial score (nSPS) is 11.1. The Morgan fingerprint density at radius 1 is 1.53 bits per heavy atom. The van der Waals surface area contributed by atoms with Crippen LogP contribution in [0.2, 0.25) is 0 Å². The highest BCUT2D eigenvalue weighted by Crippen LogP contribution is 2.18. The lowest BCUT2D eigenvalue weighted by molar-refractivity contribution is 0.206. The van der Waals surface area contributed by atoms with Crippen molar-refractivity contribution >= 4 is 16.5 Å². The molecule has 98 valence electrons. The minimum absolute atomic E-state index is 0.678. The van der Waals surface area contributed by atoms with E-state index in [2.05, 4.69) is 34.4 Å². The topological polar surface area (TPSA) is 37.4 Å². The molecule has 0 aromatic carbocycles. The number of anilines is 1. The van der Waals surface area contributed by atoms with Crippen molar-refractivity contribution in [2.45, 2.75) is 20.4 Å². The lowest BCUT2D eigenvalue weighted by Gasteiger charge is -2.14. The second kappa shape index (κ2) is 7.63. The van der Waals surface area contributed by atoms with Crippen molar-refractivity contribution in [3.63, 3.8) is 0 Å². The molecule has 0 fully saturated rings. The van der Waals surface area contributed by atoms with Crippen LogP contribution >= 0.6 is 11.3 Å². The maximum atomic E-state index is 5.05. The molecule has 1 N–H and O–H groups in total. The van der Waals surface area contributed by atoms with E-state index >= 15 is 0 Å². The van der Waals surface area contributed by atoms with Gasteiger partial charge in [0.1, 0.15) is 0 Å². The predicted octanol–water partition coefficient (Wildman–Crippen LogP) is 1.97. The molecule has 0 spiro atoms. The van der Waals surface area contributed by atoms with Gasteiger partial charge in [-0.15, -0.1) is 11.3 Å². The van der Waals surface area contributed by atoms with E-state index in [0.29, 0.717) is 5.92 Å². The number of nitrogens with one attached hydrogen (secondary N) is 1. The van der Waals surface area contributed by atoms with Crippen LogP contribution < -0.4 is 10.2 Å². The molecule has 0 unspecified atom stereocenters. The molecule has 0 aliphatic carbocycles. The first-order valence-electron chi connectivity index (χ1n) is 5.98. The SMILES string of the molecule is COCCN(C)c1nc(CNCC(C)C)cs1. The molecular weight excluding hydrogens is 234 g/mol. The number of hydrogen-bond donors (Lipinski definition) is 1. The highest BCUT2D eigenvalue weighted by Gasteiger charge is 2.06. The first kappa shape index (κ1) is 14.4. The van der Waals surface area contributed by atoms with Gasteiger partial charge in [0, 0.05) is 32.6 Å². The van der Waals surface area contributed by atoms with Gasteiger partial charge in [-0.25, -0.2) is 4.98 Å². The molecule has 0 amide bonds. The molecule has 0 saturated heterocycles. The Hall–Kier alpha value is -0.650. The molecule has 0 aliphatic heterocycles. The standard InChI is InChI=1S/C12H23N3OS/c1-10(2)7-13-8-11-9-17-12(14-11)15(3)5-6-16-4/h9-10,13H,5-8H2,1-4H3. The summed E-state index contributed by atoms with van der Waals surface area (Å²) in [5.41, 5.74) is 1.12. The summed E-state index contributed by atoms with van der Waals surface area (Å²) in [5.74, 6) is 0.678. The van der Waals surface area contributed by atoms with Crippen LogP contribution in [0.3, 0.4) is 0 Å². The average Bonchev–Trinajstić information content (AvgIpc) is 2.74. The quantitative estimate of drug-likeness (QED) is 0.772. The van der Waals surface area contributed by atoms with Gasteiger partial charge in [-0.2, -0.15) is 0 Å². The predicted molar refractivity (Wildman–Crippen MR) is 73.8 cm³/mol. The van der Waals surface area contributed by atoms with Gasteiger partial charge in [0.05, 0.1) is 12.3 Å². The maximum Gasteiger partial charge on any atom is 0.185 e. The zero-order valence-electron chi connectivity index (χ0n) is 11.2. The number of methoxy groups -OCH3 is 1. The number of rotatable bonds is 8. The minimum Gasteiger partial charge on any atom is -0.383 e. The lowest BCUT2D eigenvalue weighted by atomic mass is 10.2. The van der Waals surface area contributed by atoms with Gasteiger partial charge >= 0.3 is 0 Å². The molecule has 1 aromatic rings. The zero-order valence-corrected chi connectivity index (χ0v) is 12.0. The van der Waals surface area contributed by atoms with Crippen LogP contribution in [0.1, 0.15) is 19.5 Å². The van der Waals surface area contributed by atoms with Gasteiger partial charge in [0.25, 0.3) is 0 Å². The summed E-state index contributed by atoms with van der Waals surface area (Å²) >= 11 is 1.69. The van der Waals surface area contributed by atoms with Crippen LogP contribution in [0.5, 0.6) is 0 Å². The molecule has 0 atom stereocenters. The van der Waals surface area contributed by atoms with E-state index in [9.17, 15) is 0 Å². The molecule has 1 aromatic heterocycles. The Morgan fingerprint density at radius 3 is 2.94 bits per heavy atom. The van der Waals surface area contributed by atoms with Crippen LogP contribution in [0.4, 0.5) is 5.13 Å². The summed E-state index contributed by atoms with van der Waals surface area (Å²) in [6, 6.07) is 0. The highest BCUT2D eigenvalue weighted by molar-refractivity contribution is 7.13. The number of likely N-dealkylation sites (N-methyl/N-ethyl adjacent to an activating group) is 1. The van der Waals surface area contributed by atoms with E-state index < -0.39 is 0 Å². The monoisotopic (exact) mass is 257 g/mol. The van der Waals surface area contributed by atoms with E-state index in [0.717, 1.165) is 37.1 Å². The third kappa shape index (κ3) is 5.48. The van der Waals surface area contributed by atoms with E-state index in [1.54, 1.807) is 18.4 Å². The number of ether oxygens (including phenoxy) is 1. The average molecular weight is 257 g/mol. The molecule has 5 heteroatoms. The Morgan fingerprint density at radius 2 is 2.29 bits per heavy atom. The number of thiazole rings is 1. The third-order valence-electron chi connectivity index (χ3n) is 2.36. The molecule has 17 heavy (non-hydrogen) atoms. The molecule has 4 nitrogen and oxygen atoms in total. The van der Waals surface area contributed by atoms with Gasteiger partial charge < -0.3 is 15.0 Å². The van der Waals surface area contributed by atoms with Gasteiger partial charge in [0.15, 0.2) is 5.13 Å². The summed E-state index contributed by atoms with van der Waals surface area (Å²) in [6.45, 7) is 7.91. The fourth-order valence-corrected chi connectivity index (χ4v) is 2.18. The van der Waals surface area contributed by atoms with E-state index in [4.69, 9.17) is 4.74 Å². The van der Waals surface area contributed by atoms with E-state index in [1.165, 1.54) is 0 Å². The summed E-state index contributed by atoms with van der Waals surface area (Å²) in [4.78, 5) is 6.71. The minimum atomic E-state index is 0.678. The molecule has 0 saturated carbocycles. The zero-order chi connectivity index (χ0) is 12.7. The van der Waals surface area contributed by atoms with Gasteiger partial charge in [-0.05, 0) is 12.5 Å². The van der Waals surface area contributed by atoms with Crippen molar-refractivity contribution in [3.8, 4) is 0 Å². The molecular formula is C12H23N3OS. The number of aromatic nitrogens is 1. The Balaban J connectivity index is 2.36. The van der Waals surface area contributed by atoms with Crippen LogP contribution in [0.25, 0.3) is 0 Å². The summed E-state index contributed by atoms with van der Waals surface area (Å²) < 4.78 is 5.05. The second-order valence-electron chi connectivity index (χ2n) is 4.56. The Labute approximate surface area is 108 Å². The fourth-order valence-electron chi connectivity index (χ4n) is 1.37. The largest absolute Gasteiger partial charge is 0.383 e. The second-order valence-corrected chi connectivity index (χ2v) is 5.40. The molecule has 0 radical (unpaired) electrons. The van der Waals surface area contributed by atoms with Gasteiger partial charge in [-0.1, -0.05) is 13.8 Å². The van der Waals surface area contributed by atoms with Crippen LogP contribution in [-0.2, 0) is 11.3 Å². The van der Waals surface area contributed by atoms with Crippen LogP contribution in [0, 0.1) is 5.92 Å². The summed E-state index contributed by atoms with van der Waals surface area (Å²) in [7, 11) is 3.76. The summed E-state index contributed by atoms with van der Waals surface area (Å²) in [5, 5.41) is 6.57. The highest BCUT2D eigenvalue weighted by atomic mass is 32.1. The van der Waals surface area contributed by atoms with Crippen molar-refractivity contribution in [3.05, 3.63) is 11.1 Å². The van der Waals surface area contributed by atoms with Crippen molar-refractivity contribution in [2.75, 3.05) is 38.8 Å². The Kier molecular flexibility index (Phi) is 6.47. The van der Waals surface area contributed by atoms with Crippen molar-refractivity contribution in [1.82, 2.24) is 10.3 Å². The van der Waals surface area contributed by atoms with E-state index in [1.807, 2.05) is 7.05 Å². The first-order chi connectivity index (χ1) is 8.13. The molecule has 0 bridgehead atoms. The van der Waals surface area contributed by atoms with Crippen LogP contribution in [-0.4, -0.2) is 38.8 Å². The first-order valence-corrected chi connectivity index (χ1v) is 6.86. The number of nitrogens with zero attached hydrogens (tertiary/aromatic N) is 2. The third-order valence-corrected chi connectivity index (χ3v) is 3.36. The van der Waals surface area contributed by atoms with Crippen LogP contribution in [0.15, 0.2) is 5.38 Å². The van der Waals surface area contributed by atoms with Crippen molar-refractivity contribution < 1.29 is 4.74 Å². The van der Waals surface area contributed by atoms with Gasteiger partial charge in [0.2, 0.25) is 0 Å². The van der Waals surface area contributed by atoms with Gasteiger partial charge in [-0.3, -0.25) is 0 Å². The smallest absolute Gasteiger partial charge is 0.185 e. The molecule has 1 heterocycles. The lowest BCUT2D eigenvalue weighted by Crippen LogP contribution is -2.22. The van der Waals surface area contributed by atoms with Crippen molar-refractivity contribution in [1.29, 1.82) is 0 Å². The molecule has 1 rings (SSSR count). The maximum absolute atomic E-state index is 5.05. The van der Waals surface area contributed by atoms with Crippen molar-refractivity contribution in [2.24, 2.45) is 5.92 Å². The number of hydrogen-bond acceptors (Lipinski definition) is 5. The summed E-state index contributed by atoms with van der Waals surface area (Å²) in [6.07, 6.45) is 0. The Bertz CT molecular complexity index is 314. The van der Waals surface area contributed by atoms with E-state index in [-0.39, 0.29) is 0 Å². The fraction of sp³-hybridized carbons (Fsp3) is 0.750.